The Hall–Kier alpha value is -2.84. The molecule has 0 spiro atoms. The molecule has 0 aliphatic rings. The van der Waals surface area contributed by atoms with Gasteiger partial charge in [-0.15, -0.1) is 5.10 Å². The van der Waals surface area contributed by atoms with Gasteiger partial charge < -0.3 is 10.6 Å². The van der Waals surface area contributed by atoms with Gasteiger partial charge in [0.05, 0.1) is 6.20 Å². The lowest BCUT2D eigenvalue weighted by atomic mass is 10.5. The van der Waals surface area contributed by atoms with Gasteiger partial charge in [-0.25, -0.2) is 9.97 Å². The zero-order valence-electron chi connectivity index (χ0n) is 10.1. The number of rotatable bonds is 4. The number of hydrogen-bond acceptors (Lipinski definition) is 6. The maximum Gasteiger partial charge on any atom is 0.249 e. The molecule has 9 heteroatoms. The molecule has 2 N–H and O–H groups in total. The minimum absolute atomic E-state index is 0.0798. The second-order valence-electron chi connectivity index (χ2n) is 3.58. The summed E-state index contributed by atoms with van der Waals surface area (Å²) in [6, 6.07) is 1.57. The summed E-state index contributed by atoms with van der Waals surface area (Å²) in [6.07, 6.45) is 4.21. The normalized spacial score (nSPS) is 9.95. The van der Waals surface area contributed by atoms with Gasteiger partial charge in [0.1, 0.15) is 18.7 Å². The fraction of sp³-hybridized carbons (Fsp3) is 0.200. The van der Waals surface area contributed by atoms with Gasteiger partial charge in [0, 0.05) is 13.1 Å². The van der Waals surface area contributed by atoms with Crippen LogP contribution in [0.25, 0.3) is 0 Å². The summed E-state index contributed by atoms with van der Waals surface area (Å²) in [5.41, 5.74) is 0. The molecule has 2 heterocycles. The zero-order valence-corrected chi connectivity index (χ0v) is 10.1. The Morgan fingerprint density at radius 2 is 2.16 bits per heavy atom. The number of nitrogens with zero attached hydrogens (tertiary/aromatic N) is 5. The van der Waals surface area contributed by atoms with Crippen molar-refractivity contribution in [3.63, 3.8) is 0 Å². The van der Waals surface area contributed by atoms with Gasteiger partial charge in [0.2, 0.25) is 11.8 Å². The van der Waals surface area contributed by atoms with E-state index in [0.29, 0.717) is 11.6 Å². The molecule has 0 aliphatic carbocycles. The van der Waals surface area contributed by atoms with E-state index in [1.165, 1.54) is 30.4 Å². The molecule has 2 aromatic rings. The van der Waals surface area contributed by atoms with Gasteiger partial charge >= 0.3 is 0 Å². The topological polar surface area (TPSA) is 115 Å². The molecule has 0 aliphatic heterocycles. The third kappa shape index (κ3) is 3.84. The van der Waals surface area contributed by atoms with Crippen LogP contribution in [-0.4, -0.2) is 36.8 Å². The largest absolute Gasteiger partial charge is 0.309 e. The average molecular weight is 261 g/mol. The molecule has 0 fully saturated rings. The molecular formula is C10H11N7O2. The van der Waals surface area contributed by atoms with Crippen LogP contribution < -0.4 is 10.6 Å². The average Bonchev–Trinajstić information content (AvgIpc) is 2.76. The number of amides is 2. The highest BCUT2D eigenvalue weighted by Crippen LogP contribution is 2.00. The molecular weight excluding hydrogens is 250 g/mol. The number of anilines is 2. The smallest absolute Gasteiger partial charge is 0.249 e. The molecule has 0 radical (unpaired) electrons. The van der Waals surface area contributed by atoms with Crippen molar-refractivity contribution in [2.24, 2.45) is 0 Å². The van der Waals surface area contributed by atoms with Gasteiger partial charge in [-0.2, -0.15) is 9.90 Å². The minimum Gasteiger partial charge on any atom is -0.309 e. The Balaban J connectivity index is 1.92. The standard InChI is InChI=1S/C10H11N7O2/c1-7(18)14-9-4-13-17(16-9)5-10(19)15-8-2-3-11-6-12-8/h2-4,6H,5H2,1H3,(H,14,16,18)(H,11,12,15,19). The molecule has 2 amide bonds. The van der Waals surface area contributed by atoms with E-state index in [1.54, 1.807) is 6.07 Å². The fourth-order valence-electron chi connectivity index (χ4n) is 1.29. The third-order valence-corrected chi connectivity index (χ3v) is 1.98. The van der Waals surface area contributed by atoms with Crippen molar-refractivity contribution in [1.29, 1.82) is 0 Å². The van der Waals surface area contributed by atoms with Crippen LogP contribution in [0.1, 0.15) is 6.92 Å². The summed E-state index contributed by atoms with van der Waals surface area (Å²) in [5.74, 6) is 0.109. The van der Waals surface area contributed by atoms with Crippen molar-refractivity contribution < 1.29 is 9.59 Å². The Morgan fingerprint density at radius 1 is 1.32 bits per heavy atom. The first-order chi connectivity index (χ1) is 9.13. The first kappa shape index (κ1) is 12.6. The lowest BCUT2D eigenvalue weighted by molar-refractivity contribution is -0.117. The first-order valence-corrected chi connectivity index (χ1v) is 5.37. The van der Waals surface area contributed by atoms with Crippen molar-refractivity contribution in [3.8, 4) is 0 Å². The Labute approximate surface area is 108 Å². The summed E-state index contributed by atoms with van der Waals surface area (Å²) in [4.78, 5) is 31.2. The quantitative estimate of drug-likeness (QED) is 0.778. The molecule has 0 unspecified atom stereocenters. The van der Waals surface area contributed by atoms with E-state index in [9.17, 15) is 9.59 Å². The van der Waals surface area contributed by atoms with E-state index in [2.05, 4.69) is 30.8 Å². The van der Waals surface area contributed by atoms with Crippen LogP contribution in [0.3, 0.4) is 0 Å². The predicted molar refractivity (Wildman–Crippen MR) is 65.0 cm³/mol. The Bertz CT molecular complexity index is 581. The highest BCUT2D eigenvalue weighted by molar-refractivity contribution is 5.89. The molecule has 0 aromatic carbocycles. The molecule has 2 aromatic heterocycles. The van der Waals surface area contributed by atoms with Crippen LogP contribution in [0.2, 0.25) is 0 Å². The minimum atomic E-state index is -0.330. The van der Waals surface area contributed by atoms with E-state index in [-0.39, 0.29) is 18.4 Å². The molecule has 19 heavy (non-hydrogen) atoms. The third-order valence-electron chi connectivity index (χ3n) is 1.98. The van der Waals surface area contributed by atoms with Crippen LogP contribution in [0.15, 0.2) is 24.8 Å². The number of nitrogens with one attached hydrogen (secondary N) is 2. The van der Waals surface area contributed by atoms with Gasteiger partial charge in [0.25, 0.3) is 0 Å². The molecule has 0 saturated carbocycles. The van der Waals surface area contributed by atoms with Gasteiger partial charge in [-0.05, 0) is 6.07 Å². The molecule has 0 bridgehead atoms. The molecule has 0 atom stereocenters. The maximum atomic E-state index is 11.7. The van der Waals surface area contributed by atoms with Crippen molar-refractivity contribution in [1.82, 2.24) is 25.0 Å². The summed E-state index contributed by atoms with van der Waals surface area (Å²) < 4.78 is 0. The van der Waals surface area contributed by atoms with Crippen LogP contribution in [-0.2, 0) is 16.1 Å². The monoisotopic (exact) mass is 261 g/mol. The van der Waals surface area contributed by atoms with Crippen LogP contribution in [0, 0.1) is 0 Å². The van der Waals surface area contributed by atoms with Gasteiger partial charge in [-0.3, -0.25) is 9.59 Å². The van der Waals surface area contributed by atoms with E-state index in [0.717, 1.165) is 0 Å². The van der Waals surface area contributed by atoms with Crippen molar-refractivity contribution in [2.45, 2.75) is 13.5 Å². The number of carbonyl (C=O) groups excluding carboxylic acids is 2. The van der Waals surface area contributed by atoms with Crippen molar-refractivity contribution in [2.75, 3.05) is 10.6 Å². The zero-order chi connectivity index (χ0) is 13.7. The Kier molecular flexibility index (Phi) is 3.76. The summed E-state index contributed by atoms with van der Waals surface area (Å²) in [7, 11) is 0. The molecule has 0 saturated heterocycles. The first-order valence-electron chi connectivity index (χ1n) is 5.37. The highest BCUT2D eigenvalue weighted by Gasteiger charge is 2.07. The van der Waals surface area contributed by atoms with E-state index in [1.807, 2.05) is 0 Å². The predicted octanol–water partition coefficient (Wildman–Crippen LogP) is -0.335. The second kappa shape index (κ2) is 5.67. The van der Waals surface area contributed by atoms with E-state index >= 15 is 0 Å². The fourth-order valence-corrected chi connectivity index (χ4v) is 1.29. The van der Waals surface area contributed by atoms with Crippen LogP contribution in [0.4, 0.5) is 11.6 Å². The lowest BCUT2D eigenvalue weighted by Crippen LogP contribution is -2.21. The summed E-state index contributed by atoms with van der Waals surface area (Å²) >= 11 is 0. The number of hydrogen-bond donors (Lipinski definition) is 2. The number of carbonyl (C=O) groups is 2. The van der Waals surface area contributed by atoms with E-state index < -0.39 is 0 Å². The molecule has 2 rings (SSSR count). The number of aromatic nitrogens is 5. The van der Waals surface area contributed by atoms with Crippen molar-refractivity contribution >= 4 is 23.5 Å². The van der Waals surface area contributed by atoms with Crippen LogP contribution in [0.5, 0.6) is 0 Å². The Morgan fingerprint density at radius 3 is 2.84 bits per heavy atom. The highest BCUT2D eigenvalue weighted by atomic mass is 16.2. The van der Waals surface area contributed by atoms with Gasteiger partial charge in [0.15, 0.2) is 5.82 Å². The molecule has 98 valence electrons. The van der Waals surface area contributed by atoms with Crippen LogP contribution >= 0.6 is 0 Å². The summed E-state index contributed by atoms with van der Waals surface area (Å²) in [5, 5.41) is 12.8. The molecule has 9 nitrogen and oxygen atoms in total. The summed E-state index contributed by atoms with van der Waals surface area (Å²) in [6.45, 7) is 1.28. The van der Waals surface area contributed by atoms with Gasteiger partial charge in [-0.1, -0.05) is 0 Å². The lowest BCUT2D eigenvalue weighted by Gasteiger charge is -2.02. The van der Waals surface area contributed by atoms with Crippen molar-refractivity contribution in [3.05, 3.63) is 24.8 Å². The second-order valence-corrected chi connectivity index (χ2v) is 3.58. The maximum absolute atomic E-state index is 11.7. The SMILES string of the molecule is CC(=O)Nc1cnn(CC(=O)Nc2ccncn2)n1. The van der Waals surface area contributed by atoms with E-state index in [4.69, 9.17) is 0 Å².